The molecule has 1 aliphatic rings. The number of hydrazine groups is 1. The van der Waals surface area contributed by atoms with Crippen molar-refractivity contribution in [2.24, 2.45) is 5.84 Å². The van der Waals surface area contributed by atoms with Gasteiger partial charge in [-0.2, -0.15) is 0 Å². The van der Waals surface area contributed by atoms with Crippen LogP contribution in [0.15, 0.2) is 12.1 Å². The van der Waals surface area contributed by atoms with Crippen LogP contribution in [0.2, 0.25) is 0 Å². The minimum atomic E-state index is -0.589. The second kappa shape index (κ2) is 5.06. The van der Waals surface area contributed by atoms with Gasteiger partial charge in [-0.25, -0.2) is 20.2 Å². The number of fused-ring (bicyclic) bond motifs is 1. The van der Waals surface area contributed by atoms with E-state index in [0.29, 0.717) is 28.6 Å². The van der Waals surface area contributed by atoms with E-state index in [9.17, 15) is 4.39 Å². The van der Waals surface area contributed by atoms with E-state index in [-0.39, 0.29) is 18.3 Å². The number of nitrogens with one attached hydrogen (secondary N) is 1. The number of nitrogen functional groups attached to an aromatic ring is 1. The second-order valence-electron chi connectivity index (χ2n) is 4.35. The van der Waals surface area contributed by atoms with Crippen molar-refractivity contribution < 1.29 is 18.6 Å². The Morgan fingerprint density at radius 3 is 2.86 bits per heavy atom. The van der Waals surface area contributed by atoms with Crippen LogP contribution < -0.4 is 25.5 Å². The molecule has 0 radical (unpaired) electrons. The molecule has 3 rings (SSSR count). The molecule has 0 bridgehead atoms. The molecule has 110 valence electrons. The third-order valence-corrected chi connectivity index (χ3v) is 3.07. The van der Waals surface area contributed by atoms with Gasteiger partial charge in [0.25, 0.3) is 0 Å². The lowest BCUT2D eigenvalue weighted by molar-refractivity contribution is 0.171. The Bertz CT molecular complexity index is 708. The van der Waals surface area contributed by atoms with Crippen molar-refractivity contribution in [3.05, 3.63) is 23.6 Å². The summed E-state index contributed by atoms with van der Waals surface area (Å²) in [6.45, 7) is 1.65. The molecule has 0 amide bonds. The lowest BCUT2D eigenvalue weighted by Crippen LogP contribution is -2.13. The lowest BCUT2D eigenvalue weighted by atomic mass is 10.1. The fourth-order valence-electron chi connectivity index (χ4n) is 2.04. The summed E-state index contributed by atoms with van der Waals surface area (Å²) in [4.78, 5) is 8.17. The summed E-state index contributed by atoms with van der Waals surface area (Å²) >= 11 is 0. The fraction of sp³-hybridized carbons (Fsp3) is 0.231. The highest BCUT2D eigenvalue weighted by atomic mass is 19.1. The van der Waals surface area contributed by atoms with Crippen molar-refractivity contribution in [1.29, 1.82) is 0 Å². The number of aryl methyl sites for hydroxylation is 1. The molecule has 1 aromatic carbocycles. The van der Waals surface area contributed by atoms with E-state index < -0.39 is 5.82 Å². The van der Waals surface area contributed by atoms with Crippen LogP contribution in [0.3, 0.4) is 0 Å². The van der Waals surface area contributed by atoms with E-state index in [1.54, 1.807) is 12.1 Å². The van der Waals surface area contributed by atoms with E-state index in [1.165, 1.54) is 14.0 Å². The van der Waals surface area contributed by atoms with Gasteiger partial charge in [0.2, 0.25) is 12.5 Å². The van der Waals surface area contributed by atoms with Gasteiger partial charge in [0.1, 0.15) is 0 Å². The van der Waals surface area contributed by atoms with Crippen molar-refractivity contribution in [2.75, 3.05) is 19.3 Å². The molecule has 0 aliphatic carbocycles. The molecular formula is C13H13FN4O3. The summed E-state index contributed by atoms with van der Waals surface area (Å²) in [6.07, 6.45) is 0. The molecule has 8 heteroatoms. The van der Waals surface area contributed by atoms with Gasteiger partial charge in [-0.1, -0.05) is 0 Å². The molecule has 1 aliphatic heterocycles. The molecule has 0 saturated heterocycles. The maximum absolute atomic E-state index is 13.7. The molecule has 0 saturated carbocycles. The SMILES string of the molecule is COc1cc(-c2nc(C)c(F)c(NN)n2)cc2c1OCO2. The van der Waals surface area contributed by atoms with Crippen LogP contribution in [-0.2, 0) is 0 Å². The molecule has 0 unspecified atom stereocenters. The zero-order valence-electron chi connectivity index (χ0n) is 11.4. The van der Waals surface area contributed by atoms with Crippen molar-refractivity contribution in [1.82, 2.24) is 9.97 Å². The van der Waals surface area contributed by atoms with Crippen molar-refractivity contribution in [3.63, 3.8) is 0 Å². The molecule has 3 N–H and O–H groups in total. The number of nitrogens with zero attached hydrogens (tertiary/aromatic N) is 2. The third kappa shape index (κ3) is 2.19. The smallest absolute Gasteiger partial charge is 0.231 e. The number of nitrogens with two attached hydrogens (primary N) is 1. The van der Waals surface area contributed by atoms with Gasteiger partial charge in [0, 0.05) is 5.56 Å². The number of benzene rings is 1. The molecule has 0 spiro atoms. The molecule has 7 nitrogen and oxygen atoms in total. The van der Waals surface area contributed by atoms with E-state index >= 15 is 0 Å². The number of rotatable bonds is 3. The zero-order valence-corrected chi connectivity index (χ0v) is 11.4. The fourth-order valence-corrected chi connectivity index (χ4v) is 2.04. The van der Waals surface area contributed by atoms with Crippen LogP contribution in [-0.4, -0.2) is 23.9 Å². The summed E-state index contributed by atoms with van der Waals surface area (Å²) in [5.41, 5.74) is 3.01. The zero-order chi connectivity index (χ0) is 15.0. The molecule has 0 atom stereocenters. The van der Waals surface area contributed by atoms with Crippen molar-refractivity contribution in [2.45, 2.75) is 6.92 Å². The van der Waals surface area contributed by atoms with Crippen molar-refractivity contribution >= 4 is 5.82 Å². The molecule has 2 aromatic rings. The number of hydrogen-bond acceptors (Lipinski definition) is 7. The van der Waals surface area contributed by atoms with Crippen LogP contribution in [0.5, 0.6) is 17.2 Å². The predicted octanol–water partition coefficient (Wildman–Crippen LogP) is 1.61. The Balaban J connectivity index is 2.15. The standard InChI is InChI=1S/C13H13FN4O3/c1-6-10(14)13(18-15)17-12(16-6)7-3-8(19-2)11-9(4-7)20-5-21-11/h3-4H,5,15H2,1-2H3,(H,16,17,18). The summed E-state index contributed by atoms with van der Waals surface area (Å²) in [5, 5.41) is 0. The van der Waals surface area contributed by atoms with Gasteiger partial charge in [-0.05, 0) is 19.1 Å². The number of halogens is 1. The maximum Gasteiger partial charge on any atom is 0.231 e. The first kappa shape index (κ1) is 13.4. The Kier molecular flexibility index (Phi) is 3.22. The van der Waals surface area contributed by atoms with Crippen LogP contribution in [0.25, 0.3) is 11.4 Å². The van der Waals surface area contributed by atoms with E-state index in [2.05, 4.69) is 15.4 Å². The minimum Gasteiger partial charge on any atom is -0.493 e. The highest BCUT2D eigenvalue weighted by molar-refractivity contribution is 5.68. The average molecular weight is 292 g/mol. The first-order valence-corrected chi connectivity index (χ1v) is 6.12. The molecule has 1 aromatic heterocycles. The minimum absolute atomic E-state index is 0.0749. The quantitative estimate of drug-likeness (QED) is 0.656. The van der Waals surface area contributed by atoms with Gasteiger partial charge >= 0.3 is 0 Å². The summed E-state index contributed by atoms with van der Waals surface area (Å²) in [5.74, 6) is 6.45. The largest absolute Gasteiger partial charge is 0.493 e. The van der Waals surface area contributed by atoms with Crippen LogP contribution in [0.1, 0.15) is 5.69 Å². The van der Waals surface area contributed by atoms with Gasteiger partial charge in [0.15, 0.2) is 29.0 Å². The van der Waals surface area contributed by atoms with Gasteiger partial charge in [-0.3, -0.25) is 0 Å². The number of ether oxygens (including phenoxy) is 3. The Morgan fingerprint density at radius 1 is 1.33 bits per heavy atom. The summed E-state index contributed by atoms with van der Waals surface area (Å²) < 4.78 is 29.6. The summed E-state index contributed by atoms with van der Waals surface area (Å²) in [6, 6.07) is 3.40. The normalized spacial score (nSPS) is 12.4. The first-order valence-electron chi connectivity index (χ1n) is 6.12. The first-order chi connectivity index (χ1) is 10.1. The highest BCUT2D eigenvalue weighted by Crippen LogP contribution is 2.43. The Labute approximate surface area is 119 Å². The number of anilines is 1. The monoisotopic (exact) mass is 292 g/mol. The van der Waals surface area contributed by atoms with Crippen molar-refractivity contribution in [3.8, 4) is 28.6 Å². The van der Waals surface area contributed by atoms with E-state index in [4.69, 9.17) is 20.1 Å². The Hall–Kier alpha value is -2.61. The van der Waals surface area contributed by atoms with E-state index in [1.807, 2.05) is 0 Å². The summed E-state index contributed by atoms with van der Waals surface area (Å²) in [7, 11) is 1.52. The number of hydrogen-bond donors (Lipinski definition) is 2. The number of methoxy groups -OCH3 is 1. The van der Waals surface area contributed by atoms with Gasteiger partial charge in [0.05, 0.1) is 12.8 Å². The molecule has 2 heterocycles. The topological polar surface area (TPSA) is 91.5 Å². The van der Waals surface area contributed by atoms with Crippen LogP contribution in [0, 0.1) is 12.7 Å². The van der Waals surface area contributed by atoms with Crippen LogP contribution in [0.4, 0.5) is 10.2 Å². The second-order valence-corrected chi connectivity index (χ2v) is 4.35. The highest BCUT2D eigenvalue weighted by Gasteiger charge is 2.22. The average Bonchev–Trinajstić information content (AvgIpc) is 2.97. The molecular weight excluding hydrogens is 279 g/mol. The van der Waals surface area contributed by atoms with Gasteiger partial charge < -0.3 is 19.6 Å². The lowest BCUT2D eigenvalue weighted by Gasteiger charge is -2.10. The molecule has 21 heavy (non-hydrogen) atoms. The van der Waals surface area contributed by atoms with E-state index in [0.717, 1.165) is 0 Å². The Morgan fingerprint density at radius 2 is 2.14 bits per heavy atom. The van der Waals surface area contributed by atoms with Gasteiger partial charge in [-0.15, -0.1) is 0 Å². The maximum atomic E-state index is 13.7. The molecule has 0 fully saturated rings. The predicted molar refractivity (Wildman–Crippen MR) is 72.6 cm³/mol. The van der Waals surface area contributed by atoms with Crippen LogP contribution >= 0.6 is 0 Å². The third-order valence-electron chi connectivity index (χ3n) is 3.07. The number of aromatic nitrogens is 2.